The van der Waals surface area contributed by atoms with Crippen molar-refractivity contribution in [1.82, 2.24) is 25.0 Å². The van der Waals surface area contributed by atoms with Crippen LogP contribution in [0.5, 0.6) is 0 Å². The van der Waals surface area contributed by atoms with Gasteiger partial charge in [-0.05, 0) is 44.4 Å². The van der Waals surface area contributed by atoms with E-state index >= 15 is 0 Å². The lowest BCUT2D eigenvalue weighted by Crippen LogP contribution is -2.44. The van der Waals surface area contributed by atoms with E-state index in [2.05, 4.69) is 36.2 Å². The smallest absolute Gasteiger partial charge is 0.317 e. The second-order valence-corrected chi connectivity index (χ2v) is 6.62. The third-order valence-electron chi connectivity index (χ3n) is 4.38. The molecule has 2 aromatic rings. The Labute approximate surface area is 143 Å². The molecular weight excluding hydrogens is 302 g/mol. The van der Waals surface area contributed by atoms with E-state index in [1.54, 1.807) is 11.1 Å². The highest BCUT2D eigenvalue weighted by atomic mass is 16.2. The van der Waals surface area contributed by atoms with Gasteiger partial charge in [0.05, 0.1) is 5.69 Å². The van der Waals surface area contributed by atoms with Gasteiger partial charge in [0, 0.05) is 31.5 Å². The highest BCUT2D eigenvalue weighted by Gasteiger charge is 2.18. The molecule has 0 bridgehead atoms. The molecule has 0 aliphatic rings. The van der Waals surface area contributed by atoms with E-state index in [1.165, 1.54) is 0 Å². The van der Waals surface area contributed by atoms with Crippen LogP contribution < -0.4 is 5.32 Å². The summed E-state index contributed by atoms with van der Waals surface area (Å²) in [7, 11) is 1.82. The summed E-state index contributed by atoms with van der Waals surface area (Å²) >= 11 is 0. The monoisotopic (exact) mass is 329 g/mol. The molecule has 1 atom stereocenters. The van der Waals surface area contributed by atoms with E-state index in [-0.39, 0.29) is 12.1 Å². The molecule has 0 aliphatic carbocycles. The third kappa shape index (κ3) is 4.13. The predicted octanol–water partition coefficient (Wildman–Crippen LogP) is 3.07. The van der Waals surface area contributed by atoms with Gasteiger partial charge in [-0.2, -0.15) is 5.10 Å². The lowest BCUT2D eigenvalue weighted by atomic mass is 10.1. The lowest BCUT2D eigenvalue weighted by Gasteiger charge is -2.28. The van der Waals surface area contributed by atoms with Crippen LogP contribution >= 0.6 is 0 Å². The first-order chi connectivity index (χ1) is 11.3. The van der Waals surface area contributed by atoms with Crippen LogP contribution in [0, 0.1) is 19.8 Å². The van der Waals surface area contributed by atoms with Crippen LogP contribution in [0.25, 0.3) is 5.82 Å². The number of carbonyl (C=O) groups is 1. The number of nitrogens with zero attached hydrogens (tertiary/aromatic N) is 4. The molecule has 2 aromatic heterocycles. The van der Waals surface area contributed by atoms with Gasteiger partial charge in [-0.15, -0.1) is 0 Å². The van der Waals surface area contributed by atoms with Crippen LogP contribution in [0.3, 0.4) is 0 Å². The molecule has 2 heterocycles. The molecule has 6 heteroatoms. The number of urea groups is 1. The summed E-state index contributed by atoms with van der Waals surface area (Å²) in [6.45, 7) is 10.7. The number of hydrogen-bond acceptors (Lipinski definition) is 3. The number of pyridine rings is 1. The van der Waals surface area contributed by atoms with Gasteiger partial charge < -0.3 is 10.2 Å². The first-order valence-electron chi connectivity index (χ1n) is 8.28. The summed E-state index contributed by atoms with van der Waals surface area (Å²) in [4.78, 5) is 18.4. The van der Waals surface area contributed by atoms with Crippen molar-refractivity contribution < 1.29 is 4.79 Å². The van der Waals surface area contributed by atoms with Crippen molar-refractivity contribution in [1.29, 1.82) is 0 Å². The average Bonchev–Trinajstić information content (AvgIpc) is 2.90. The molecule has 2 amide bonds. The predicted molar refractivity (Wildman–Crippen MR) is 95.1 cm³/mol. The minimum Gasteiger partial charge on any atom is -0.334 e. The molecule has 6 nitrogen and oxygen atoms in total. The largest absolute Gasteiger partial charge is 0.334 e. The highest BCUT2D eigenvalue weighted by Crippen LogP contribution is 2.11. The number of rotatable bonds is 5. The maximum atomic E-state index is 12.2. The Balaban J connectivity index is 1.97. The number of amides is 2. The van der Waals surface area contributed by atoms with E-state index in [9.17, 15) is 4.79 Å². The van der Waals surface area contributed by atoms with E-state index in [0.717, 1.165) is 22.8 Å². The van der Waals surface area contributed by atoms with Gasteiger partial charge in [0.15, 0.2) is 5.82 Å². The minimum absolute atomic E-state index is 0.0705. The molecule has 0 saturated carbocycles. The van der Waals surface area contributed by atoms with Crippen molar-refractivity contribution >= 4 is 6.03 Å². The fourth-order valence-electron chi connectivity index (χ4n) is 2.44. The van der Waals surface area contributed by atoms with Gasteiger partial charge in [-0.3, -0.25) is 0 Å². The van der Waals surface area contributed by atoms with Gasteiger partial charge in [0.1, 0.15) is 0 Å². The number of aryl methyl sites for hydroxylation is 2. The highest BCUT2D eigenvalue weighted by molar-refractivity contribution is 5.74. The van der Waals surface area contributed by atoms with Crippen LogP contribution in [0.4, 0.5) is 4.79 Å². The Bertz CT molecular complexity index is 690. The second-order valence-electron chi connectivity index (χ2n) is 6.62. The Morgan fingerprint density at radius 1 is 1.29 bits per heavy atom. The zero-order valence-corrected chi connectivity index (χ0v) is 15.4. The first kappa shape index (κ1) is 18.0. The molecule has 0 saturated heterocycles. The lowest BCUT2D eigenvalue weighted by molar-refractivity contribution is 0.179. The van der Waals surface area contributed by atoms with Crippen molar-refractivity contribution in [3.63, 3.8) is 0 Å². The molecule has 0 aromatic carbocycles. The summed E-state index contributed by atoms with van der Waals surface area (Å²) in [6, 6.07) is 6.02. The number of carbonyl (C=O) groups excluding carboxylic acids is 1. The number of aromatic nitrogens is 3. The van der Waals surface area contributed by atoms with E-state index in [4.69, 9.17) is 0 Å². The van der Waals surface area contributed by atoms with Crippen molar-refractivity contribution in [3.05, 3.63) is 41.3 Å². The minimum atomic E-state index is -0.0705. The van der Waals surface area contributed by atoms with E-state index < -0.39 is 0 Å². The van der Waals surface area contributed by atoms with Gasteiger partial charge >= 0.3 is 6.03 Å². The second kappa shape index (κ2) is 7.47. The maximum absolute atomic E-state index is 12.2. The van der Waals surface area contributed by atoms with Crippen molar-refractivity contribution in [2.75, 3.05) is 7.05 Å². The fraction of sp³-hybridized carbons (Fsp3) is 0.500. The first-order valence-corrected chi connectivity index (χ1v) is 8.28. The van der Waals surface area contributed by atoms with Crippen molar-refractivity contribution in [2.24, 2.45) is 5.92 Å². The van der Waals surface area contributed by atoms with Crippen molar-refractivity contribution in [3.8, 4) is 5.82 Å². The fourth-order valence-corrected chi connectivity index (χ4v) is 2.44. The van der Waals surface area contributed by atoms with E-state index in [0.29, 0.717) is 12.5 Å². The summed E-state index contributed by atoms with van der Waals surface area (Å²) in [5, 5.41) is 7.35. The molecule has 1 unspecified atom stereocenters. The van der Waals surface area contributed by atoms with Crippen LogP contribution in [0.1, 0.15) is 37.7 Å². The molecule has 0 radical (unpaired) electrons. The molecule has 0 spiro atoms. The molecule has 130 valence electrons. The molecule has 2 rings (SSSR count). The Kier molecular flexibility index (Phi) is 5.59. The summed E-state index contributed by atoms with van der Waals surface area (Å²) in [5.74, 6) is 1.20. The zero-order chi connectivity index (χ0) is 17.9. The normalized spacial score (nSPS) is 12.3. The Hall–Kier alpha value is -2.37. The Morgan fingerprint density at radius 3 is 2.50 bits per heavy atom. The third-order valence-corrected chi connectivity index (χ3v) is 4.38. The molecule has 1 N–H and O–H groups in total. The quantitative estimate of drug-likeness (QED) is 0.917. The van der Waals surface area contributed by atoms with Gasteiger partial charge in [0.2, 0.25) is 0 Å². The van der Waals surface area contributed by atoms with Crippen LogP contribution in [-0.2, 0) is 6.54 Å². The molecule has 24 heavy (non-hydrogen) atoms. The van der Waals surface area contributed by atoms with Gasteiger partial charge in [-0.1, -0.05) is 19.9 Å². The van der Waals surface area contributed by atoms with Crippen LogP contribution in [-0.4, -0.2) is 38.8 Å². The molecule has 0 aliphatic heterocycles. The van der Waals surface area contributed by atoms with Crippen molar-refractivity contribution in [2.45, 2.75) is 47.2 Å². The SMILES string of the molecule is Cc1cc(C)n(-c2ccc(CNC(=O)N(C)C(C)C(C)C)cn2)n1. The number of hydrogen-bond donors (Lipinski definition) is 1. The summed E-state index contributed by atoms with van der Waals surface area (Å²) in [5.41, 5.74) is 2.97. The van der Waals surface area contributed by atoms with Gasteiger partial charge in [0.25, 0.3) is 0 Å². The summed E-state index contributed by atoms with van der Waals surface area (Å²) in [6.07, 6.45) is 1.78. The zero-order valence-electron chi connectivity index (χ0n) is 15.4. The number of nitrogens with one attached hydrogen (secondary N) is 1. The maximum Gasteiger partial charge on any atom is 0.317 e. The topological polar surface area (TPSA) is 63.1 Å². The van der Waals surface area contributed by atoms with Crippen LogP contribution in [0.15, 0.2) is 24.4 Å². The Morgan fingerprint density at radius 2 is 2.00 bits per heavy atom. The van der Waals surface area contributed by atoms with Crippen LogP contribution in [0.2, 0.25) is 0 Å². The molecule has 0 fully saturated rings. The van der Waals surface area contributed by atoms with Gasteiger partial charge in [-0.25, -0.2) is 14.5 Å². The standard InChI is InChI=1S/C18H27N5O/c1-12(2)15(5)22(6)18(24)20-11-16-7-8-17(19-10-16)23-14(4)9-13(3)21-23/h7-10,12,15H,11H2,1-6H3,(H,20,24). The average molecular weight is 329 g/mol. The van der Waals surface area contributed by atoms with E-state index in [1.807, 2.05) is 43.8 Å². The molecular formula is C18H27N5O. The summed E-state index contributed by atoms with van der Waals surface area (Å²) < 4.78 is 1.82.